The summed E-state index contributed by atoms with van der Waals surface area (Å²) in [6, 6.07) is 27.3. The van der Waals surface area contributed by atoms with Gasteiger partial charge < -0.3 is 19.8 Å². The number of carbonyl (C=O) groups excluding carboxylic acids is 2. The summed E-state index contributed by atoms with van der Waals surface area (Å²) in [5.74, 6) is 1.55. The third kappa shape index (κ3) is 6.02. The number of para-hydroxylation sites is 1. The van der Waals surface area contributed by atoms with E-state index in [4.69, 9.17) is 9.15 Å². The molecule has 0 unspecified atom stereocenters. The first-order chi connectivity index (χ1) is 15.7. The smallest absolute Gasteiger partial charge is 0.291 e. The van der Waals surface area contributed by atoms with Crippen molar-refractivity contribution < 1.29 is 18.7 Å². The molecule has 6 nitrogen and oxygen atoms in total. The van der Waals surface area contributed by atoms with E-state index in [2.05, 4.69) is 10.6 Å². The molecule has 0 saturated carbocycles. The molecule has 1 heterocycles. The normalized spacial score (nSPS) is 10.4. The molecule has 0 saturated heterocycles. The van der Waals surface area contributed by atoms with Gasteiger partial charge in [-0.25, -0.2) is 0 Å². The molecule has 0 bridgehead atoms. The fourth-order valence-electron chi connectivity index (χ4n) is 2.81. The monoisotopic (exact) mass is 444 g/mol. The summed E-state index contributed by atoms with van der Waals surface area (Å²) < 4.78 is 10.8. The van der Waals surface area contributed by atoms with Gasteiger partial charge in [0.25, 0.3) is 5.91 Å². The van der Waals surface area contributed by atoms with Crippen molar-refractivity contribution in [3.63, 3.8) is 0 Å². The van der Waals surface area contributed by atoms with Crippen LogP contribution in [0.2, 0.25) is 0 Å². The predicted molar refractivity (Wildman–Crippen MR) is 125 cm³/mol. The molecule has 0 aliphatic heterocycles. The first-order valence-corrected chi connectivity index (χ1v) is 10.8. The molecule has 7 heteroatoms. The van der Waals surface area contributed by atoms with Gasteiger partial charge in [0.2, 0.25) is 5.91 Å². The van der Waals surface area contributed by atoms with E-state index in [0.29, 0.717) is 17.1 Å². The van der Waals surface area contributed by atoms with Crippen LogP contribution in [0.25, 0.3) is 0 Å². The minimum Gasteiger partial charge on any atom is -0.459 e. The summed E-state index contributed by atoms with van der Waals surface area (Å²) in [6.07, 6.45) is 1.45. The zero-order valence-electron chi connectivity index (χ0n) is 17.0. The van der Waals surface area contributed by atoms with Crippen molar-refractivity contribution in [1.29, 1.82) is 0 Å². The van der Waals surface area contributed by atoms with Gasteiger partial charge in [0, 0.05) is 16.3 Å². The quantitative estimate of drug-likeness (QED) is 0.323. The van der Waals surface area contributed by atoms with Crippen LogP contribution in [-0.2, 0) is 4.79 Å². The van der Waals surface area contributed by atoms with Crippen molar-refractivity contribution >= 4 is 35.0 Å². The molecule has 0 radical (unpaired) electrons. The zero-order chi connectivity index (χ0) is 22.2. The largest absolute Gasteiger partial charge is 0.459 e. The van der Waals surface area contributed by atoms with Crippen LogP contribution in [0.15, 0.2) is 107 Å². The van der Waals surface area contributed by atoms with Gasteiger partial charge in [-0.1, -0.05) is 18.2 Å². The highest BCUT2D eigenvalue weighted by Crippen LogP contribution is 2.24. The van der Waals surface area contributed by atoms with Crippen LogP contribution in [0.1, 0.15) is 10.6 Å². The molecule has 4 aromatic rings. The SMILES string of the molecule is O=C(CSc1ccc(NC(=O)c2ccco2)cc1)Nc1ccc(Oc2ccccc2)cc1. The van der Waals surface area contributed by atoms with Crippen LogP contribution in [0.3, 0.4) is 0 Å². The molecular weight excluding hydrogens is 424 g/mol. The molecule has 32 heavy (non-hydrogen) atoms. The maximum atomic E-state index is 12.3. The van der Waals surface area contributed by atoms with Gasteiger partial charge in [0.1, 0.15) is 11.5 Å². The molecule has 160 valence electrons. The number of amides is 2. The Morgan fingerprint density at radius 2 is 1.41 bits per heavy atom. The molecule has 4 rings (SSSR count). The van der Waals surface area contributed by atoms with Crippen LogP contribution >= 0.6 is 11.8 Å². The molecule has 0 aliphatic carbocycles. The van der Waals surface area contributed by atoms with Crippen LogP contribution in [0.5, 0.6) is 11.5 Å². The fraction of sp³-hybridized carbons (Fsp3) is 0.0400. The Morgan fingerprint density at radius 3 is 2.09 bits per heavy atom. The third-order valence-corrected chi connectivity index (χ3v) is 5.36. The van der Waals surface area contributed by atoms with E-state index in [-0.39, 0.29) is 23.3 Å². The van der Waals surface area contributed by atoms with E-state index >= 15 is 0 Å². The number of thioether (sulfide) groups is 1. The van der Waals surface area contributed by atoms with Gasteiger partial charge in [0.15, 0.2) is 5.76 Å². The molecule has 0 fully saturated rings. The topological polar surface area (TPSA) is 80.6 Å². The number of nitrogens with one attached hydrogen (secondary N) is 2. The molecule has 3 aromatic carbocycles. The van der Waals surface area contributed by atoms with Gasteiger partial charge in [-0.05, 0) is 72.8 Å². The molecule has 2 amide bonds. The van der Waals surface area contributed by atoms with Gasteiger partial charge in [0.05, 0.1) is 12.0 Å². The Labute approximate surface area is 189 Å². The van der Waals surface area contributed by atoms with E-state index in [0.717, 1.165) is 10.6 Å². The number of benzene rings is 3. The number of hydrogen-bond acceptors (Lipinski definition) is 5. The zero-order valence-corrected chi connectivity index (χ0v) is 17.8. The molecule has 0 aliphatic rings. The van der Waals surface area contributed by atoms with E-state index in [1.807, 2.05) is 54.6 Å². The summed E-state index contributed by atoms with van der Waals surface area (Å²) in [5, 5.41) is 5.63. The van der Waals surface area contributed by atoms with Crippen LogP contribution in [0, 0.1) is 0 Å². The lowest BCUT2D eigenvalue weighted by atomic mass is 10.3. The number of ether oxygens (including phenoxy) is 1. The van der Waals surface area contributed by atoms with Gasteiger partial charge in [-0.3, -0.25) is 9.59 Å². The highest BCUT2D eigenvalue weighted by molar-refractivity contribution is 8.00. The second kappa shape index (κ2) is 10.4. The second-order valence-electron chi connectivity index (χ2n) is 6.73. The molecule has 1 aromatic heterocycles. The minimum atomic E-state index is -0.310. The standard InChI is InChI=1S/C25H20N2O4S/c28-24(26-18-8-12-21(13-9-18)31-20-5-2-1-3-6-20)17-32-22-14-10-19(11-15-22)27-25(29)23-7-4-16-30-23/h1-16H,17H2,(H,26,28)(H,27,29). The maximum absolute atomic E-state index is 12.3. The van der Waals surface area contributed by atoms with Crippen molar-refractivity contribution in [2.75, 3.05) is 16.4 Å². The summed E-state index contributed by atoms with van der Waals surface area (Å²) in [7, 11) is 0. The molecular formula is C25H20N2O4S. The lowest BCUT2D eigenvalue weighted by molar-refractivity contribution is -0.113. The minimum absolute atomic E-state index is 0.109. The summed E-state index contributed by atoms with van der Waals surface area (Å²) in [5.41, 5.74) is 1.35. The first-order valence-electron chi connectivity index (χ1n) is 9.86. The second-order valence-corrected chi connectivity index (χ2v) is 7.78. The summed E-state index contributed by atoms with van der Waals surface area (Å²) >= 11 is 1.41. The maximum Gasteiger partial charge on any atom is 0.291 e. The highest BCUT2D eigenvalue weighted by atomic mass is 32.2. The average Bonchev–Trinajstić information content (AvgIpc) is 3.36. The lowest BCUT2D eigenvalue weighted by Gasteiger charge is -2.08. The van der Waals surface area contributed by atoms with E-state index < -0.39 is 0 Å². The van der Waals surface area contributed by atoms with Crippen molar-refractivity contribution in [2.24, 2.45) is 0 Å². The van der Waals surface area contributed by atoms with Crippen molar-refractivity contribution in [1.82, 2.24) is 0 Å². The number of hydrogen-bond donors (Lipinski definition) is 2. The van der Waals surface area contributed by atoms with Crippen molar-refractivity contribution in [3.05, 3.63) is 103 Å². The molecule has 0 spiro atoms. The number of carbonyl (C=O) groups is 2. The van der Waals surface area contributed by atoms with Gasteiger partial charge in [-0.15, -0.1) is 11.8 Å². The van der Waals surface area contributed by atoms with Crippen molar-refractivity contribution in [2.45, 2.75) is 4.90 Å². The third-order valence-electron chi connectivity index (χ3n) is 4.34. The summed E-state index contributed by atoms with van der Waals surface area (Å²) in [4.78, 5) is 25.2. The first kappa shape index (κ1) is 21.3. The van der Waals surface area contributed by atoms with Gasteiger partial charge in [-0.2, -0.15) is 0 Å². The number of rotatable bonds is 8. The predicted octanol–water partition coefficient (Wildman–Crippen LogP) is 6.06. The molecule has 2 N–H and O–H groups in total. The van der Waals surface area contributed by atoms with Crippen LogP contribution in [0.4, 0.5) is 11.4 Å². The average molecular weight is 445 g/mol. The Bertz CT molecular complexity index is 1160. The Kier molecular flexibility index (Phi) is 6.89. The van der Waals surface area contributed by atoms with E-state index in [1.54, 1.807) is 36.4 Å². The van der Waals surface area contributed by atoms with E-state index in [1.165, 1.54) is 18.0 Å². The van der Waals surface area contributed by atoms with Crippen LogP contribution < -0.4 is 15.4 Å². The number of anilines is 2. The fourth-order valence-corrected chi connectivity index (χ4v) is 3.51. The van der Waals surface area contributed by atoms with Crippen molar-refractivity contribution in [3.8, 4) is 11.5 Å². The van der Waals surface area contributed by atoms with E-state index in [9.17, 15) is 9.59 Å². The molecule has 0 atom stereocenters. The Hall–Kier alpha value is -3.97. The van der Waals surface area contributed by atoms with Gasteiger partial charge >= 0.3 is 0 Å². The highest BCUT2D eigenvalue weighted by Gasteiger charge is 2.09. The Balaban J connectivity index is 1.23. The Morgan fingerprint density at radius 1 is 0.750 bits per heavy atom. The lowest BCUT2D eigenvalue weighted by Crippen LogP contribution is -2.13. The number of furan rings is 1. The van der Waals surface area contributed by atoms with Crippen LogP contribution in [-0.4, -0.2) is 17.6 Å². The summed E-state index contributed by atoms with van der Waals surface area (Å²) in [6.45, 7) is 0.